The zero-order valence-electron chi connectivity index (χ0n) is 7.03. The number of carbonyl (C=O) groups is 1. The zero-order chi connectivity index (χ0) is 8.60. The van der Waals surface area contributed by atoms with Gasteiger partial charge in [0.05, 0.1) is 0 Å². The fraction of sp³-hybridized carbons (Fsp3) is 0.625. The van der Waals surface area contributed by atoms with Crippen molar-refractivity contribution in [1.29, 1.82) is 0 Å². The summed E-state index contributed by atoms with van der Waals surface area (Å²) in [6.45, 7) is 0. The van der Waals surface area contributed by atoms with Gasteiger partial charge in [-0.25, -0.2) is 4.98 Å². The fourth-order valence-corrected chi connectivity index (χ4v) is 1.29. The van der Waals surface area contributed by atoms with Crippen LogP contribution in [0.25, 0.3) is 0 Å². The number of aromatic nitrogens is 3. The second-order valence-electron chi connectivity index (χ2n) is 3.46. The third-order valence-corrected chi connectivity index (χ3v) is 2.46. The van der Waals surface area contributed by atoms with E-state index in [2.05, 4.69) is 10.1 Å². The average Bonchev–Trinajstić information content (AvgIpc) is 2.74. The summed E-state index contributed by atoms with van der Waals surface area (Å²) < 4.78 is 1.73. The van der Waals surface area contributed by atoms with Crippen molar-refractivity contribution in [1.82, 2.24) is 14.8 Å². The molecule has 4 heteroatoms. The number of aryl methyl sites for hydroxylation is 1. The number of rotatable bonds is 3. The van der Waals surface area contributed by atoms with Crippen LogP contribution in [0.2, 0.25) is 0 Å². The molecule has 0 aliphatic heterocycles. The molecule has 0 unspecified atom stereocenters. The van der Waals surface area contributed by atoms with Crippen molar-refractivity contribution in [3.05, 3.63) is 12.2 Å². The van der Waals surface area contributed by atoms with Gasteiger partial charge in [0.15, 0.2) is 0 Å². The number of carbonyl (C=O) groups excluding carboxylic acids is 1. The standard InChI is InChI=1S/C8H11N3O/c1-11-7(9-6-10-11)4-8(5-12)2-3-8/h5-6H,2-4H2,1H3. The zero-order valence-corrected chi connectivity index (χ0v) is 7.03. The first-order valence-corrected chi connectivity index (χ1v) is 4.05. The van der Waals surface area contributed by atoms with Gasteiger partial charge < -0.3 is 4.79 Å². The molecule has 0 spiro atoms. The SMILES string of the molecule is Cn1ncnc1CC1(C=O)CC1. The van der Waals surface area contributed by atoms with E-state index < -0.39 is 0 Å². The molecular formula is C8H11N3O. The summed E-state index contributed by atoms with van der Waals surface area (Å²) in [6, 6.07) is 0. The highest BCUT2D eigenvalue weighted by Gasteiger charge is 2.43. The lowest BCUT2D eigenvalue weighted by Crippen LogP contribution is -2.11. The summed E-state index contributed by atoms with van der Waals surface area (Å²) in [5.74, 6) is 0.902. The number of hydrogen-bond acceptors (Lipinski definition) is 3. The second kappa shape index (κ2) is 2.40. The molecule has 0 aromatic carbocycles. The second-order valence-corrected chi connectivity index (χ2v) is 3.46. The average molecular weight is 165 g/mol. The summed E-state index contributed by atoms with van der Waals surface area (Å²) in [4.78, 5) is 14.8. The van der Waals surface area contributed by atoms with Crippen LogP contribution in [-0.4, -0.2) is 21.1 Å². The number of aldehydes is 1. The normalized spacial score (nSPS) is 19.1. The monoisotopic (exact) mass is 165 g/mol. The van der Waals surface area contributed by atoms with E-state index in [-0.39, 0.29) is 5.41 Å². The van der Waals surface area contributed by atoms with Crippen molar-refractivity contribution in [2.24, 2.45) is 12.5 Å². The summed E-state index contributed by atoms with van der Waals surface area (Å²) in [5.41, 5.74) is -0.0964. The number of hydrogen-bond donors (Lipinski definition) is 0. The molecule has 12 heavy (non-hydrogen) atoms. The molecule has 4 nitrogen and oxygen atoms in total. The van der Waals surface area contributed by atoms with Crippen LogP contribution in [0.5, 0.6) is 0 Å². The van der Waals surface area contributed by atoms with Crippen molar-refractivity contribution < 1.29 is 4.79 Å². The van der Waals surface area contributed by atoms with Crippen molar-refractivity contribution >= 4 is 6.29 Å². The molecule has 0 saturated heterocycles. The Bertz CT molecular complexity index is 301. The first-order valence-electron chi connectivity index (χ1n) is 4.05. The Balaban J connectivity index is 2.13. The van der Waals surface area contributed by atoms with Gasteiger partial charge in [-0.05, 0) is 12.8 Å². The molecule has 0 amide bonds. The van der Waals surface area contributed by atoms with E-state index in [0.717, 1.165) is 31.4 Å². The van der Waals surface area contributed by atoms with Gasteiger partial charge in [0.25, 0.3) is 0 Å². The highest BCUT2D eigenvalue weighted by atomic mass is 16.1. The maximum Gasteiger partial charge on any atom is 0.138 e. The van der Waals surface area contributed by atoms with Gasteiger partial charge in [-0.15, -0.1) is 0 Å². The minimum absolute atomic E-state index is 0.0964. The predicted octanol–water partition coefficient (Wildman–Crippen LogP) is 0.337. The lowest BCUT2D eigenvalue weighted by atomic mass is 10.1. The highest BCUT2D eigenvalue weighted by molar-refractivity contribution is 5.63. The van der Waals surface area contributed by atoms with E-state index in [1.54, 1.807) is 4.68 Å². The minimum atomic E-state index is -0.0964. The molecule has 1 heterocycles. The van der Waals surface area contributed by atoms with Gasteiger partial charge >= 0.3 is 0 Å². The predicted molar refractivity (Wildman–Crippen MR) is 42.4 cm³/mol. The molecule has 0 radical (unpaired) electrons. The molecule has 1 aliphatic rings. The Morgan fingerprint density at radius 3 is 2.92 bits per heavy atom. The summed E-state index contributed by atoms with van der Waals surface area (Å²) in [6.07, 6.45) is 5.33. The van der Waals surface area contributed by atoms with Crippen molar-refractivity contribution in [2.45, 2.75) is 19.3 Å². The van der Waals surface area contributed by atoms with Gasteiger partial charge in [0.2, 0.25) is 0 Å². The highest BCUT2D eigenvalue weighted by Crippen LogP contribution is 2.45. The molecular weight excluding hydrogens is 154 g/mol. The van der Waals surface area contributed by atoms with Gasteiger partial charge in [-0.3, -0.25) is 4.68 Å². The summed E-state index contributed by atoms with van der Waals surface area (Å²) in [5, 5.41) is 3.95. The van der Waals surface area contributed by atoms with E-state index in [4.69, 9.17) is 0 Å². The number of nitrogens with zero attached hydrogens (tertiary/aromatic N) is 3. The van der Waals surface area contributed by atoms with E-state index in [0.29, 0.717) is 0 Å². The third kappa shape index (κ3) is 1.13. The first kappa shape index (κ1) is 7.46. The van der Waals surface area contributed by atoms with Crippen LogP contribution in [0.3, 0.4) is 0 Å². The molecule has 0 bridgehead atoms. The smallest absolute Gasteiger partial charge is 0.138 e. The van der Waals surface area contributed by atoms with Crippen LogP contribution < -0.4 is 0 Å². The largest absolute Gasteiger partial charge is 0.303 e. The maximum absolute atomic E-state index is 10.7. The molecule has 64 valence electrons. The Hall–Kier alpha value is -1.19. The minimum Gasteiger partial charge on any atom is -0.303 e. The Morgan fingerprint density at radius 1 is 1.75 bits per heavy atom. The van der Waals surface area contributed by atoms with E-state index in [1.165, 1.54) is 6.33 Å². The fourth-order valence-electron chi connectivity index (χ4n) is 1.29. The molecule has 1 saturated carbocycles. The van der Waals surface area contributed by atoms with Crippen molar-refractivity contribution in [2.75, 3.05) is 0 Å². The molecule has 1 aromatic heterocycles. The van der Waals surface area contributed by atoms with Crippen LogP contribution in [0, 0.1) is 5.41 Å². The van der Waals surface area contributed by atoms with Gasteiger partial charge in [-0.2, -0.15) is 5.10 Å². The van der Waals surface area contributed by atoms with Crippen LogP contribution in [-0.2, 0) is 18.3 Å². The topological polar surface area (TPSA) is 47.8 Å². The molecule has 2 rings (SSSR count). The Kier molecular flexibility index (Phi) is 1.49. The maximum atomic E-state index is 10.7. The molecule has 0 N–H and O–H groups in total. The first-order chi connectivity index (χ1) is 5.76. The Labute approximate surface area is 70.6 Å². The van der Waals surface area contributed by atoms with Crippen molar-refractivity contribution in [3.63, 3.8) is 0 Å². The quantitative estimate of drug-likeness (QED) is 0.607. The van der Waals surface area contributed by atoms with E-state index in [1.807, 2.05) is 7.05 Å². The summed E-state index contributed by atoms with van der Waals surface area (Å²) >= 11 is 0. The third-order valence-electron chi connectivity index (χ3n) is 2.46. The molecule has 1 aliphatic carbocycles. The van der Waals surface area contributed by atoms with Crippen molar-refractivity contribution in [3.8, 4) is 0 Å². The van der Waals surface area contributed by atoms with Gasteiger partial charge in [0.1, 0.15) is 18.4 Å². The van der Waals surface area contributed by atoms with Crippen LogP contribution >= 0.6 is 0 Å². The van der Waals surface area contributed by atoms with Gasteiger partial charge in [-0.1, -0.05) is 0 Å². The molecule has 1 fully saturated rings. The molecule has 1 aromatic rings. The van der Waals surface area contributed by atoms with Gasteiger partial charge in [0, 0.05) is 18.9 Å². The van der Waals surface area contributed by atoms with Crippen LogP contribution in [0.1, 0.15) is 18.7 Å². The lowest BCUT2D eigenvalue weighted by Gasteiger charge is -2.04. The van der Waals surface area contributed by atoms with Crippen LogP contribution in [0.15, 0.2) is 6.33 Å². The van der Waals surface area contributed by atoms with Crippen LogP contribution in [0.4, 0.5) is 0 Å². The molecule has 0 atom stereocenters. The van der Waals surface area contributed by atoms with E-state index in [9.17, 15) is 4.79 Å². The van der Waals surface area contributed by atoms with E-state index >= 15 is 0 Å². The lowest BCUT2D eigenvalue weighted by molar-refractivity contribution is -0.112. The summed E-state index contributed by atoms with van der Waals surface area (Å²) in [7, 11) is 1.85. The Morgan fingerprint density at radius 2 is 2.50 bits per heavy atom.